The fourth-order valence-corrected chi connectivity index (χ4v) is 7.62. The molecule has 0 aliphatic carbocycles. The first-order valence-corrected chi connectivity index (χ1v) is 27.3. The van der Waals surface area contributed by atoms with E-state index in [1.54, 1.807) is 0 Å². The fourth-order valence-electron chi connectivity index (χ4n) is 6.88. The Hall–Kier alpha value is -2.55. The Labute approximate surface area is 393 Å². The van der Waals surface area contributed by atoms with E-state index in [9.17, 15) is 19.0 Å². The van der Waals surface area contributed by atoms with E-state index in [2.05, 4.69) is 80.8 Å². The van der Waals surface area contributed by atoms with E-state index < -0.39 is 20.0 Å². The summed E-state index contributed by atoms with van der Waals surface area (Å²) in [6.07, 6.45) is 54.9. The van der Waals surface area contributed by atoms with Crippen molar-refractivity contribution in [3.8, 4) is 0 Å². The Kier molecular flexibility index (Phi) is 42.5. The van der Waals surface area contributed by atoms with E-state index in [-0.39, 0.29) is 37.9 Å². The molecule has 0 saturated carbocycles. The number of unbranched alkanes of at least 4 members (excludes halogenated alkanes) is 19. The summed E-state index contributed by atoms with van der Waals surface area (Å²) in [7, 11) is 1.44. The number of phosphoric acid groups is 1. The van der Waals surface area contributed by atoms with Crippen LogP contribution in [0.1, 0.15) is 207 Å². The van der Waals surface area contributed by atoms with E-state index >= 15 is 0 Å². The highest BCUT2D eigenvalue weighted by Crippen LogP contribution is 2.43. The Morgan fingerprint density at radius 1 is 0.562 bits per heavy atom. The van der Waals surface area contributed by atoms with Gasteiger partial charge < -0.3 is 19.4 Å². The number of likely N-dealkylation sites (N-methyl/N-ethyl adjacent to an activating group) is 1. The van der Waals surface area contributed by atoms with Crippen LogP contribution >= 0.6 is 7.82 Å². The first-order valence-electron chi connectivity index (χ1n) is 25.8. The number of rotatable bonds is 45. The molecule has 370 valence electrons. The van der Waals surface area contributed by atoms with E-state index in [1.165, 1.54) is 83.5 Å². The first kappa shape index (κ1) is 61.5. The highest BCUT2D eigenvalue weighted by molar-refractivity contribution is 7.47. The Bertz CT molecular complexity index is 1330. The lowest BCUT2D eigenvalue weighted by Gasteiger charge is -2.27. The number of hydrogen-bond acceptors (Lipinski definition) is 6. The number of nitrogens with zero attached hydrogens (tertiary/aromatic N) is 1. The maximum Gasteiger partial charge on any atom is 0.472 e. The monoisotopic (exact) mass is 918 g/mol. The number of ether oxygens (including phenoxy) is 1. The fraction of sp³-hybridized carbons (Fsp3) is 0.741. The van der Waals surface area contributed by atoms with Crippen LogP contribution in [0.2, 0.25) is 0 Å². The Morgan fingerprint density at radius 2 is 1.02 bits per heavy atom. The van der Waals surface area contributed by atoms with Crippen molar-refractivity contribution in [3.63, 3.8) is 0 Å². The van der Waals surface area contributed by atoms with E-state index in [0.717, 1.165) is 77.0 Å². The molecule has 0 radical (unpaired) electrons. The molecular formula is C54H98N2O7P+. The number of hydrogen-bond donors (Lipinski definition) is 2. The van der Waals surface area contributed by atoms with Crippen LogP contribution in [0.4, 0.5) is 0 Å². The van der Waals surface area contributed by atoms with Crippen LogP contribution in [0.25, 0.3) is 0 Å². The van der Waals surface area contributed by atoms with Gasteiger partial charge in [0.25, 0.3) is 0 Å². The van der Waals surface area contributed by atoms with E-state index in [0.29, 0.717) is 23.9 Å². The van der Waals surface area contributed by atoms with Crippen LogP contribution in [-0.2, 0) is 27.9 Å². The first-order chi connectivity index (χ1) is 30.9. The second-order valence-electron chi connectivity index (χ2n) is 18.3. The molecule has 0 heterocycles. The summed E-state index contributed by atoms with van der Waals surface area (Å²) in [6.45, 7) is 6.79. The number of carbonyl (C=O) groups excluding carboxylic acids is 2. The van der Waals surface area contributed by atoms with Crippen LogP contribution < -0.4 is 5.32 Å². The normalized spacial score (nSPS) is 14.5. The highest BCUT2D eigenvalue weighted by Gasteiger charge is 2.30. The molecule has 1 amide bonds. The molecule has 0 aliphatic heterocycles. The van der Waals surface area contributed by atoms with Crippen molar-refractivity contribution < 1.29 is 37.3 Å². The lowest BCUT2D eigenvalue weighted by atomic mass is 10.1. The maximum atomic E-state index is 13.4. The molecule has 0 fully saturated rings. The van der Waals surface area contributed by atoms with Crippen LogP contribution in [0, 0.1) is 0 Å². The zero-order valence-corrected chi connectivity index (χ0v) is 42.9. The third-order valence-corrected chi connectivity index (χ3v) is 11.9. The average molecular weight is 918 g/mol. The lowest BCUT2D eigenvalue weighted by molar-refractivity contribution is -0.870. The largest absolute Gasteiger partial charge is 0.472 e. The molecular weight excluding hydrogens is 820 g/mol. The smallest absolute Gasteiger partial charge is 0.456 e. The summed E-state index contributed by atoms with van der Waals surface area (Å²) < 4.78 is 30.4. The number of amides is 1. The van der Waals surface area contributed by atoms with Crippen molar-refractivity contribution in [2.45, 2.75) is 219 Å². The van der Waals surface area contributed by atoms with Crippen molar-refractivity contribution in [1.82, 2.24) is 5.32 Å². The van der Waals surface area contributed by atoms with Crippen molar-refractivity contribution in [3.05, 3.63) is 72.9 Å². The van der Waals surface area contributed by atoms with Crippen LogP contribution in [0.15, 0.2) is 72.9 Å². The standard InChI is InChI=1S/C54H97N2O7P/c1-7-10-13-16-19-22-25-27-29-32-35-38-41-44-47-54(58)63-52(45-42-39-36-33-30-24-21-18-15-12-9-3)51(50-62-64(59,60)61-49-48-56(4,5)6)55-53(57)46-43-40-37-34-31-28-26-23-20-17-14-11-8-2/h10,13,19,22,27-29,31,37,40,42,45,51-52H,7-9,11-12,14-18,20-21,23-26,30,32-36,38-39,41,43-44,46-50H2,1-6H3,(H-,55,57,59,60)/p+1/b13-10+,22-19+,29-27+,31-28-,40-37+,45-42+. The molecule has 0 aromatic rings. The van der Waals surface area contributed by atoms with Gasteiger partial charge in [-0.15, -0.1) is 0 Å². The Balaban J connectivity index is 5.55. The molecule has 0 aromatic heterocycles. The molecule has 0 saturated heterocycles. The molecule has 3 atom stereocenters. The topological polar surface area (TPSA) is 111 Å². The van der Waals surface area contributed by atoms with E-state index in [4.69, 9.17) is 13.8 Å². The minimum atomic E-state index is -4.46. The molecule has 0 aromatic carbocycles. The number of esters is 1. The van der Waals surface area contributed by atoms with Crippen molar-refractivity contribution in [1.29, 1.82) is 0 Å². The van der Waals surface area contributed by atoms with Crippen LogP contribution in [0.3, 0.4) is 0 Å². The van der Waals surface area contributed by atoms with Gasteiger partial charge in [0, 0.05) is 12.8 Å². The van der Waals surface area contributed by atoms with Crippen molar-refractivity contribution in [2.75, 3.05) is 40.9 Å². The van der Waals surface area contributed by atoms with Gasteiger partial charge in [-0.3, -0.25) is 18.6 Å². The third kappa shape index (κ3) is 44.6. The molecule has 0 spiro atoms. The molecule has 0 bridgehead atoms. The minimum absolute atomic E-state index is 0.0246. The third-order valence-electron chi connectivity index (χ3n) is 10.9. The number of nitrogens with one attached hydrogen (secondary N) is 1. The molecule has 2 N–H and O–H groups in total. The van der Waals surface area contributed by atoms with Gasteiger partial charge in [0.05, 0.1) is 33.8 Å². The summed E-state index contributed by atoms with van der Waals surface area (Å²) in [5.41, 5.74) is 0. The summed E-state index contributed by atoms with van der Waals surface area (Å²) in [5.74, 6) is -0.616. The lowest BCUT2D eigenvalue weighted by Crippen LogP contribution is -2.47. The molecule has 64 heavy (non-hydrogen) atoms. The van der Waals surface area contributed by atoms with Gasteiger partial charge in [0.1, 0.15) is 19.3 Å². The van der Waals surface area contributed by atoms with Gasteiger partial charge in [-0.05, 0) is 83.1 Å². The summed E-state index contributed by atoms with van der Waals surface area (Å²) in [6, 6.07) is -0.887. The quantitative estimate of drug-likeness (QED) is 0.0206. The van der Waals surface area contributed by atoms with Gasteiger partial charge in [-0.25, -0.2) is 4.57 Å². The number of carbonyl (C=O) groups is 2. The average Bonchev–Trinajstić information content (AvgIpc) is 3.25. The zero-order chi connectivity index (χ0) is 47.3. The maximum absolute atomic E-state index is 13.4. The van der Waals surface area contributed by atoms with E-state index in [1.807, 2.05) is 39.4 Å². The van der Waals surface area contributed by atoms with Gasteiger partial charge >= 0.3 is 13.8 Å². The zero-order valence-electron chi connectivity index (χ0n) is 42.0. The minimum Gasteiger partial charge on any atom is -0.456 e. The van der Waals surface area contributed by atoms with Crippen molar-refractivity contribution in [2.24, 2.45) is 0 Å². The van der Waals surface area contributed by atoms with Crippen LogP contribution in [0.5, 0.6) is 0 Å². The SMILES string of the molecule is CC/C=C/C/C=C/C/C=C/CCCCCCC(=O)OC(/C=C/CCCCCCCCCCC)C(COP(=O)(O)OCC[N+](C)(C)C)NC(=O)CC/C=C/C/C=C\CCCCCCCC. The molecule has 10 heteroatoms. The molecule has 9 nitrogen and oxygen atoms in total. The van der Waals surface area contributed by atoms with Gasteiger partial charge in [0.15, 0.2) is 0 Å². The second-order valence-corrected chi connectivity index (χ2v) is 19.8. The van der Waals surface area contributed by atoms with Gasteiger partial charge in [-0.2, -0.15) is 0 Å². The Morgan fingerprint density at radius 3 is 1.53 bits per heavy atom. The number of quaternary nitrogens is 1. The number of phosphoric ester groups is 1. The number of allylic oxidation sites excluding steroid dienone is 11. The predicted molar refractivity (Wildman–Crippen MR) is 272 cm³/mol. The van der Waals surface area contributed by atoms with Gasteiger partial charge in [0.2, 0.25) is 5.91 Å². The van der Waals surface area contributed by atoms with Gasteiger partial charge in [-0.1, -0.05) is 184 Å². The highest BCUT2D eigenvalue weighted by atomic mass is 31.2. The predicted octanol–water partition coefficient (Wildman–Crippen LogP) is 14.9. The summed E-state index contributed by atoms with van der Waals surface area (Å²) in [5, 5.41) is 2.98. The van der Waals surface area contributed by atoms with Crippen molar-refractivity contribution >= 4 is 19.7 Å². The van der Waals surface area contributed by atoms with Crippen LogP contribution in [-0.4, -0.2) is 74.3 Å². The molecule has 0 rings (SSSR count). The summed E-state index contributed by atoms with van der Waals surface area (Å²) in [4.78, 5) is 37.3. The molecule has 0 aliphatic rings. The second kappa shape index (κ2) is 44.3. The molecule has 3 unspecified atom stereocenters. The summed E-state index contributed by atoms with van der Waals surface area (Å²) >= 11 is 0.